The van der Waals surface area contributed by atoms with Crippen molar-refractivity contribution in [2.24, 2.45) is 0 Å². The highest BCUT2D eigenvalue weighted by molar-refractivity contribution is 7.18. The van der Waals surface area contributed by atoms with Gasteiger partial charge < -0.3 is 10.1 Å². The number of aryl methyl sites for hydroxylation is 1. The van der Waals surface area contributed by atoms with Crippen molar-refractivity contribution in [3.8, 4) is 16.3 Å². The maximum atomic E-state index is 12.0. The molecule has 3 aromatic rings. The van der Waals surface area contributed by atoms with Crippen molar-refractivity contribution >= 4 is 28.2 Å². The second kappa shape index (κ2) is 7.10. The minimum absolute atomic E-state index is 0.349. The van der Waals surface area contributed by atoms with Gasteiger partial charge in [0, 0.05) is 11.3 Å². The second-order valence-corrected chi connectivity index (χ2v) is 6.07. The Hall–Kier alpha value is -2.93. The number of hydrogen-bond donors (Lipinski definition) is 2. The third-order valence-corrected chi connectivity index (χ3v) is 4.15. The van der Waals surface area contributed by atoms with E-state index in [4.69, 9.17) is 4.74 Å². The van der Waals surface area contributed by atoms with Gasteiger partial charge in [-0.05, 0) is 48.9 Å². The first-order valence-corrected chi connectivity index (χ1v) is 8.08. The van der Waals surface area contributed by atoms with E-state index in [2.05, 4.69) is 20.8 Å². The van der Waals surface area contributed by atoms with Crippen LogP contribution < -0.4 is 15.4 Å². The van der Waals surface area contributed by atoms with Gasteiger partial charge in [0.2, 0.25) is 5.13 Å². The van der Waals surface area contributed by atoms with Crippen LogP contribution in [0.5, 0.6) is 5.75 Å². The molecule has 7 heteroatoms. The molecule has 2 aromatic carbocycles. The molecule has 2 amide bonds. The molecule has 0 aliphatic carbocycles. The molecule has 1 aromatic heterocycles. The van der Waals surface area contributed by atoms with E-state index in [1.165, 1.54) is 11.3 Å². The highest BCUT2D eigenvalue weighted by Crippen LogP contribution is 2.27. The summed E-state index contributed by atoms with van der Waals surface area (Å²) < 4.78 is 5.13. The zero-order valence-electron chi connectivity index (χ0n) is 13.2. The number of carbonyl (C=O) groups is 1. The maximum absolute atomic E-state index is 12.0. The number of amides is 2. The molecule has 0 aliphatic heterocycles. The summed E-state index contributed by atoms with van der Waals surface area (Å²) in [5.41, 5.74) is 2.72. The van der Waals surface area contributed by atoms with Crippen molar-refractivity contribution < 1.29 is 9.53 Å². The van der Waals surface area contributed by atoms with Crippen molar-refractivity contribution in [2.75, 3.05) is 17.7 Å². The molecular weight excluding hydrogens is 324 g/mol. The Balaban J connectivity index is 1.65. The number of ether oxygens (including phenoxy) is 1. The Labute approximate surface area is 143 Å². The second-order valence-electron chi connectivity index (χ2n) is 5.09. The number of rotatable bonds is 4. The van der Waals surface area contributed by atoms with Crippen molar-refractivity contribution in [1.82, 2.24) is 10.2 Å². The number of carbonyl (C=O) groups excluding carboxylic acids is 1. The zero-order valence-corrected chi connectivity index (χ0v) is 14.1. The topological polar surface area (TPSA) is 76.1 Å². The molecule has 0 radical (unpaired) electrons. The van der Waals surface area contributed by atoms with Crippen LogP contribution in [0.4, 0.5) is 15.6 Å². The number of anilines is 2. The van der Waals surface area contributed by atoms with Crippen LogP contribution in [-0.4, -0.2) is 23.3 Å². The first kappa shape index (κ1) is 15.9. The van der Waals surface area contributed by atoms with Gasteiger partial charge in [-0.15, -0.1) is 10.2 Å². The van der Waals surface area contributed by atoms with E-state index >= 15 is 0 Å². The smallest absolute Gasteiger partial charge is 0.325 e. The quantitative estimate of drug-likeness (QED) is 0.747. The first-order chi connectivity index (χ1) is 11.6. The van der Waals surface area contributed by atoms with Crippen molar-refractivity contribution in [3.05, 3.63) is 54.1 Å². The summed E-state index contributed by atoms with van der Waals surface area (Å²) in [6, 6.07) is 14.7. The van der Waals surface area contributed by atoms with Gasteiger partial charge in [-0.3, -0.25) is 5.32 Å². The fourth-order valence-electron chi connectivity index (χ4n) is 2.11. The van der Waals surface area contributed by atoms with Gasteiger partial charge in [0.05, 0.1) is 7.11 Å². The summed E-state index contributed by atoms with van der Waals surface area (Å²) in [4.78, 5) is 12.0. The van der Waals surface area contributed by atoms with E-state index in [0.717, 1.165) is 27.6 Å². The predicted octanol–water partition coefficient (Wildman–Crippen LogP) is 4.17. The lowest BCUT2D eigenvalue weighted by atomic mass is 10.2. The van der Waals surface area contributed by atoms with Crippen LogP contribution >= 0.6 is 11.3 Å². The van der Waals surface area contributed by atoms with Gasteiger partial charge in [-0.2, -0.15) is 0 Å². The van der Waals surface area contributed by atoms with Crippen LogP contribution in [0.2, 0.25) is 0 Å². The lowest BCUT2D eigenvalue weighted by molar-refractivity contribution is 0.262. The Morgan fingerprint density at radius 2 is 1.88 bits per heavy atom. The fourth-order valence-corrected chi connectivity index (χ4v) is 2.85. The molecule has 3 rings (SSSR count). The fraction of sp³-hybridized carbons (Fsp3) is 0.118. The highest BCUT2D eigenvalue weighted by atomic mass is 32.1. The lowest BCUT2D eigenvalue weighted by Gasteiger charge is -2.05. The highest BCUT2D eigenvalue weighted by Gasteiger charge is 2.10. The molecular formula is C17H16N4O2S. The van der Waals surface area contributed by atoms with Gasteiger partial charge in [-0.1, -0.05) is 23.5 Å². The molecule has 0 unspecified atom stereocenters. The largest absolute Gasteiger partial charge is 0.497 e. The summed E-state index contributed by atoms with van der Waals surface area (Å²) >= 11 is 1.31. The Bertz CT molecular complexity index is 846. The molecule has 0 spiro atoms. The number of aromatic nitrogens is 2. The summed E-state index contributed by atoms with van der Waals surface area (Å²) in [6.07, 6.45) is 0. The number of nitrogens with zero attached hydrogens (tertiary/aromatic N) is 2. The monoisotopic (exact) mass is 340 g/mol. The third kappa shape index (κ3) is 3.88. The molecule has 0 aliphatic rings. The lowest BCUT2D eigenvalue weighted by Crippen LogP contribution is -2.19. The van der Waals surface area contributed by atoms with E-state index in [-0.39, 0.29) is 6.03 Å². The number of methoxy groups -OCH3 is 1. The van der Waals surface area contributed by atoms with E-state index in [0.29, 0.717) is 5.13 Å². The summed E-state index contributed by atoms with van der Waals surface area (Å²) in [5, 5.41) is 14.7. The maximum Gasteiger partial charge on any atom is 0.325 e. The SMILES string of the molecule is COc1ccc(-c2nnc(NC(=O)Nc3cccc(C)c3)s2)cc1. The Kier molecular flexibility index (Phi) is 4.72. The molecule has 0 bridgehead atoms. The van der Waals surface area contributed by atoms with Gasteiger partial charge >= 0.3 is 6.03 Å². The molecule has 2 N–H and O–H groups in total. The van der Waals surface area contributed by atoms with E-state index in [9.17, 15) is 4.79 Å². The molecule has 0 atom stereocenters. The van der Waals surface area contributed by atoms with Crippen molar-refractivity contribution in [1.29, 1.82) is 0 Å². The number of nitrogens with one attached hydrogen (secondary N) is 2. The van der Waals surface area contributed by atoms with E-state index in [1.807, 2.05) is 55.5 Å². The van der Waals surface area contributed by atoms with Gasteiger partial charge in [0.25, 0.3) is 0 Å². The molecule has 0 saturated carbocycles. The zero-order chi connectivity index (χ0) is 16.9. The predicted molar refractivity (Wildman–Crippen MR) is 95.7 cm³/mol. The number of hydrogen-bond acceptors (Lipinski definition) is 5. The standard InChI is InChI=1S/C17H16N4O2S/c1-11-4-3-5-13(10-11)18-16(22)19-17-21-20-15(24-17)12-6-8-14(23-2)9-7-12/h3-10H,1-2H3,(H2,18,19,21,22). The van der Waals surface area contributed by atoms with Crippen molar-refractivity contribution in [3.63, 3.8) is 0 Å². The normalized spacial score (nSPS) is 10.2. The molecule has 24 heavy (non-hydrogen) atoms. The van der Waals surface area contributed by atoms with Crippen molar-refractivity contribution in [2.45, 2.75) is 6.92 Å². The van der Waals surface area contributed by atoms with E-state index < -0.39 is 0 Å². The summed E-state index contributed by atoms with van der Waals surface area (Å²) in [6.45, 7) is 1.97. The van der Waals surface area contributed by atoms with Crippen LogP contribution in [-0.2, 0) is 0 Å². The number of benzene rings is 2. The molecule has 122 valence electrons. The first-order valence-electron chi connectivity index (χ1n) is 7.26. The molecule has 0 saturated heterocycles. The van der Waals surface area contributed by atoms with Crippen LogP contribution in [0.3, 0.4) is 0 Å². The van der Waals surface area contributed by atoms with E-state index in [1.54, 1.807) is 7.11 Å². The average Bonchev–Trinajstić information content (AvgIpc) is 3.03. The minimum Gasteiger partial charge on any atom is -0.497 e. The van der Waals surface area contributed by atoms with Crippen LogP contribution in [0.1, 0.15) is 5.56 Å². The molecule has 6 nitrogen and oxygen atoms in total. The van der Waals surface area contributed by atoms with Gasteiger partial charge in [0.1, 0.15) is 10.8 Å². The van der Waals surface area contributed by atoms with Crippen LogP contribution in [0.15, 0.2) is 48.5 Å². The summed E-state index contributed by atoms with van der Waals surface area (Å²) in [5.74, 6) is 0.777. The van der Waals surface area contributed by atoms with Crippen LogP contribution in [0, 0.1) is 6.92 Å². The van der Waals surface area contributed by atoms with Gasteiger partial charge in [0.15, 0.2) is 0 Å². The third-order valence-electron chi connectivity index (χ3n) is 3.26. The molecule has 0 fully saturated rings. The average molecular weight is 340 g/mol. The minimum atomic E-state index is -0.349. The number of urea groups is 1. The summed E-state index contributed by atoms with van der Waals surface area (Å²) in [7, 11) is 1.62. The Morgan fingerprint density at radius 3 is 2.58 bits per heavy atom. The van der Waals surface area contributed by atoms with Crippen LogP contribution in [0.25, 0.3) is 10.6 Å². The Morgan fingerprint density at radius 1 is 1.08 bits per heavy atom. The molecule has 1 heterocycles. The van der Waals surface area contributed by atoms with Gasteiger partial charge in [-0.25, -0.2) is 4.79 Å².